The minimum absolute atomic E-state index is 0.0256. The Morgan fingerprint density at radius 2 is 2.44 bits per heavy atom. The summed E-state index contributed by atoms with van der Waals surface area (Å²) >= 11 is 1.41. The molecule has 1 rings (SSSR count). The Kier molecular flexibility index (Phi) is 5.54. The van der Waals surface area contributed by atoms with E-state index in [2.05, 4.69) is 0 Å². The van der Waals surface area contributed by atoms with E-state index in [1.165, 1.54) is 11.3 Å². The number of carbonyl (C=O) groups is 1. The summed E-state index contributed by atoms with van der Waals surface area (Å²) in [5.74, 6) is -0.0256. The lowest BCUT2D eigenvalue weighted by atomic mass is 10.3. The van der Waals surface area contributed by atoms with Gasteiger partial charge in [0.15, 0.2) is 0 Å². The van der Waals surface area contributed by atoms with Gasteiger partial charge in [-0.05, 0) is 11.4 Å². The third-order valence-electron chi connectivity index (χ3n) is 2.08. The smallest absolute Gasteiger partial charge is 0.264 e. The molecule has 0 bridgehead atoms. The Bertz CT molecular complexity index is 357. The number of amides is 1. The van der Waals surface area contributed by atoms with Crippen molar-refractivity contribution in [3.8, 4) is 6.07 Å². The quantitative estimate of drug-likeness (QED) is 0.758. The maximum atomic E-state index is 12.0. The average Bonchev–Trinajstić information content (AvgIpc) is 2.82. The summed E-state index contributed by atoms with van der Waals surface area (Å²) in [4.78, 5) is 14.3. The van der Waals surface area contributed by atoms with Crippen molar-refractivity contribution in [3.63, 3.8) is 0 Å². The van der Waals surface area contributed by atoms with Gasteiger partial charge in [-0.1, -0.05) is 6.07 Å². The second-order valence-corrected chi connectivity index (χ2v) is 4.12. The monoisotopic (exact) mass is 238 g/mol. The van der Waals surface area contributed by atoms with E-state index in [1.807, 2.05) is 17.5 Å². The fourth-order valence-corrected chi connectivity index (χ4v) is 1.95. The summed E-state index contributed by atoms with van der Waals surface area (Å²) in [5.41, 5.74) is 0. The van der Waals surface area contributed by atoms with Crippen molar-refractivity contribution in [2.45, 2.75) is 6.42 Å². The molecule has 1 amide bonds. The molecule has 0 aromatic carbocycles. The van der Waals surface area contributed by atoms with Gasteiger partial charge >= 0.3 is 0 Å². The summed E-state index contributed by atoms with van der Waals surface area (Å²) < 4.78 is 4.95. The molecule has 0 N–H and O–H groups in total. The van der Waals surface area contributed by atoms with Gasteiger partial charge in [0.05, 0.1) is 24.0 Å². The largest absolute Gasteiger partial charge is 0.383 e. The minimum atomic E-state index is -0.0256. The summed E-state index contributed by atoms with van der Waals surface area (Å²) in [5, 5.41) is 10.4. The Hall–Kier alpha value is -1.38. The molecule has 0 saturated heterocycles. The molecule has 5 heteroatoms. The lowest BCUT2D eigenvalue weighted by Gasteiger charge is -2.20. The first kappa shape index (κ1) is 12.7. The third kappa shape index (κ3) is 3.65. The van der Waals surface area contributed by atoms with Gasteiger partial charge in [-0.15, -0.1) is 11.3 Å². The standard InChI is InChI=1S/C11H14N2O2S/c1-15-8-7-13(6-3-5-12)11(14)10-4-2-9-16-10/h2,4,9H,3,6-8H2,1H3. The van der Waals surface area contributed by atoms with Gasteiger partial charge in [0.25, 0.3) is 5.91 Å². The first-order chi connectivity index (χ1) is 7.79. The second kappa shape index (κ2) is 6.99. The van der Waals surface area contributed by atoms with Gasteiger partial charge < -0.3 is 9.64 Å². The topological polar surface area (TPSA) is 53.3 Å². The molecule has 0 radical (unpaired) electrons. The average molecular weight is 238 g/mol. The van der Waals surface area contributed by atoms with Crippen LogP contribution in [-0.2, 0) is 4.74 Å². The Balaban J connectivity index is 2.60. The van der Waals surface area contributed by atoms with E-state index >= 15 is 0 Å². The number of carbonyl (C=O) groups excluding carboxylic acids is 1. The van der Waals surface area contributed by atoms with E-state index in [0.29, 0.717) is 31.0 Å². The number of rotatable bonds is 6. The van der Waals surface area contributed by atoms with Crippen LogP contribution in [0.3, 0.4) is 0 Å². The summed E-state index contributed by atoms with van der Waals surface area (Å²) in [6.45, 7) is 1.47. The molecule has 1 heterocycles. The normalized spacial score (nSPS) is 9.75. The van der Waals surface area contributed by atoms with Gasteiger partial charge in [-0.2, -0.15) is 5.26 Å². The Labute approximate surface area is 99.1 Å². The third-order valence-corrected chi connectivity index (χ3v) is 2.94. The van der Waals surface area contributed by atoms with Crippen LogP contribution in [0.15, 0.2) is 17.5 Å². The zero-order chi connectivity index (χ0) is 11.8. The van der Waals surface area contributed by atoms with Crippen LogP contribution in [0.5, 0.6) is 0 Å². The van der Waals surface area contributed by atoms with Crippen LogP contribution in [0, 0.1) is 11.3 Å². The van der Waals surface area contributed by atoms with E-state index in [4.69, 9.17) is 10.00 Å². The molecule has 1 aromatic rings. The SMILES string of the molecule is COCCN(CCC#N)C(=O)c1cccs1. The van der Waals surface area contributed by atoms with Crippen LogP contribution < -0.4 is 0 Å². The minimum Gasteiger partial charge on any atom is -0.383 e. The van der Waals surface area contributed by atoms with Crippen LogP contribution in [0.1, 0.15) is 16.1 Å². The van der Waals surface area contributed by atoms with E-state index in [0.717, 1.165) is 0 Å². The molecule has 1 aromatic heterocycles. The summed E-state index contributed by atoms with van der Waals surface area (Å²) in [7, 11) is 1.60. The summed E-state index contributed by atoms with van der Waals surface area (Å²) in [6, 6.07) is 5.68. The number of nitriles is 1. The predicted molar refractivity (Wildman–Crippen MR) is 62.3 cm³/mol. The van der Waals surface area contributed by atoms with Crippen molar-refractivity contribution in [2.75, 3.05) is 26.8 Å². The molecule has 16 heavy (non-hydrogen) atoms. The molecule has 0 fully saturated rings. The maximum Gasteiger partial charge on any atom is 0.264 e. The van der Waals surface area contributed by atoms with Crippen LogP contribution in [0.4, 0.5) is 0 Å². The lowest BCUT2D eigenvalue weighted by Crippen LogP contribution is -2.34. The highest BCUT2D eigenvalue weighted by molar-refractivity contribution is 7.12. The van der Waals surface area contributed by atoms with Crippen molar-refractivity contribution >= 4 is 17.2 Å². The molecule has 0 spiro atoms. The van der Waals surface area contributed by atoms with Gasteiger partial charge in [0.1, 0.15) is 0 Å². The van der Waals surface area contributed by atoms with E-state index < -0.39 is 0 Å². The number of methoxy groups -OCH3 is 1. The molecular weight excluding hydrogens is 224 g/mol. The molecule has 0 aliphatic heterocycles. The van der Waals surface area contributed by atoms with E-state index in [9.17, 15) is 4.79 Å². The van der Waals surface area contributed by atoms with Crippen LogP contribution in [-0.4, -0.2) is 37.6 Å². The zero-order valence-electron chi connectivity index (χ0n) is 9.18. The van der Waals surface area contributed by atoms with Crippen LogP contribution >= 0.6 is 11.3 Å². The molecule has 4 nitrogen and oxygen atoms in total. The van der Waals surface area contributed by atoms with Crippen molar-refractivity contribution in [2.24, 2.45) is 0 Å². The molecule has 0 aliphatic rings. The van der Waals surface area contributed by atoms with Gasteiger partial charge in [0, 0.05) is 20.2 Å². The van der Waals surface area contributed by atoms with Crippen LogP contribution in [0.2, 0.25) is 0 Å². The van der Waals surface area contributed by atoms with Crippen molar-refractivity contribution in [1.29, 1.82) is 5.26 Å². The predicted octanol–water partition coefficient (Wildman–Crippen LogP) is 1.75. The van der Waals surface area contributed by atoms with Crippen molar-refractivity contribution in [1.82, 2.24) is 4.90 Å². The van der Waals surface area contributed by atoms with Gasteiger partial charge in [-0.3, -0.25) is 4.79 Å². The second-order valence-electron chi connectivity index (χ2n) is 3.17. The highest BCUT2D eigenvalue weighted by Crippen LogP contribution is 2.12. The molecular formula is C11H14N2O2S. The fraction of sp³-hybridized carbons (Fsp3) is 0.455. The first-order valence-electron chi connectivity index (χ1n) is 4.98. The van der Waals surface area contributed by atoms with Gasteiger partial charge in [0.2, 0.25) is 0 Å². The van der Waals surface area contributed by atoms with Crippen molar-refractivity contribution < 1.29 is 9.53 Å². The van der Waals surface area contributed by atoms with Crippen molar-refractivity contribution in [3.05, 3.63) is 22.4 Å². The molecule has 0 saturated carbocycles. The highest BCUT2D eigenvalue weighted by Gasteiger charge is 2.15. The van der Waals surface area contributed by atoms with Gasteiger partial charge in [-0.25, -0.2) is 0 Å². The number of hydrogen-bond acceptors (Lipinski definition) is 4. The Morgan fingerprint density at radius 1 is 1.62 bits per heavy atom. The molecule has 86 valence electrons. The number of hydrogen-bond donors (Lipinski definition) is 0. The van der Waals surface area contributed by atoms with E-state index in [1.54, 1.807) is 18.1 Å². The molecule has 0 atom stereocenters. The number of ether oxygens (including phenoxy) is 1. The maximum absolute atomic E-state index is 12.0. The van der Waals surface area contributed by atoms with E-state index in [-0.39, 0.29) is 5.91 Å². The van der Waals surface area contributed by atoms with Crippen LogP contribution in [0.25, 0.3) is 0 Å². The summed E-state index contributed by atoms with van der Waals surface area (Å²) in [6.07, 6.45) is 0.348. The first-order valence-corrected chi connectivity index (χ1v) is 5.86. The molecule has 0 unspecified atom stereocenters. The fourth-order valence-electron chi connectivity index (χ4n) is 1.26. The highest BCUT2D eigenvalue weighted by atomic mass is 32.1. The zero-order valence-corrected chi connectivity index (χ0v) is 10.00. The Morgan fingerprint density at radius 3 is 3.00 bits per heavy atom. The number of thiophene rings is 1. The number of nitrogens with zero attached hydrogens (tertiary/aromatic N) is 2. The molecule has 0 aliphatic carbocycles. The lowest BCUT2D eigenvalue weighted by molar-refractivity contribution is 0.0704.